The molecule has 10 heteroatoms. The van der Waals surface area contributed by atoms with Crippen molar-refractivity contribution in [1.29, 1.82) is 0 Å². The van der Waals surface area contributed by atoms with Gasteiger partial charge >= 0.3 is 0 Å². The first-order valence-corrected chi connectivity index (χ1v) is 8.81. The van der Waals surface area contributed by atoms with Gasteiger partial charge in [-0.05, 0) is 13.3 Å². The van der Waals surface area contributed by atoms with E-state index in [0.717, 1.165) is 11.9 Å². The van der Waals surface area contributed by atoms with E-state index in [1.165, 1.54) is 6.33 Å². The summed E-state index contributed by atoms with van der Waals surface area (Å²) in [5, 5.41) is 7.77. The number of ether oxygens (including phenoxy) is 1. The quantitative estimate of drug-likeness (QED) is 0.687. The van der Waals surface area contributed by atoms with Crippen molar-refractivity contribution in [3.05, 3.63) is 30.1 Å². The van der Waals surface area contributed by atoms with Crippen LogP contribution in [0.2, 0.25) is 0 Å². The van der Waals surface area contributed by atoms with E-state index in [-0.39, 0.29) is 18.0 Å². The maximum absolute atomic E-state index is 13.1. The number of likely N-dealkylation sites (tertiary alicyclic amines) is 1. The fourth-order valence-corrected chi connectivity index (χ4v) is 3.58. The zero-order chi connectivity index (χ0) is 19.0. The van der Waals surface area contributed by atoms with Crippen LogP contribution < -0.4 is 5.32 Å². The number of rotatable bonds is 5. The minimum Gasteiger partial charge on any atom is -0.378 e. The molecule has 0 bridgehead atoms. The molecule has 0 radical (unpaired) electrons. The number of amides is 1. The molecular weight excluding hydrogens is 348 g/mol. The number of aromatic nitrogens is 6. The molecule has 2 atom stereocenters. The van der Waals surface area contributed by atoms with Crippen LogP contribution in [0.25, 0.3) is 11.2 Å². The Kier molecular flexibility index (Phi) is 4.48. The Morgan fingerprint density at radius 3 is 3.07 bits per heavy atom. The molecule has 1 amide bonds. The second kappa shape index (κ2) is 6.95. The monoisotopic (exact) mass is 370 g/mol. The molecule has 1 aliphatic heterocycles. The number of nitrogens with zero attached hydrogens (tertiary/aromatic N) is 6. The summed E-state index contributed by atoms with van der Waals surface area (Å²) in [6.07, 6.45) is 5.66. The van der Waals surface area contributed by atoms with Crippen molar-refractivity contribution in [2.24, 2.45) is 7.05 Å². The van der Waals surface area contributed by atoms with Gasteiger partial charge in [0.25, 0.3) is 5.91 Å². The topological polar surface area (TPSA) is 114 Å². The number of anilines is 1. The van der Waals surface area contributed by atoms with Crippen LogP contribution in [0.3, 0.4) is 0 Å². The molecule has 27 heavy (non-hydrogen) atoms. The van der Waals surface area contributed by atoms with Crippen molar-refractivity contribution in [1.82, 2.24) is 34.6 Å². The van der Waals surface area contributed by atoms with Crippen LogP contribution in [0.4, 0.5) is 5.82 Å². The van der Waals surface area contributed by atoms with Crippen molar-refractivity contribution in [3.8, 4) is 0 Å². The molecule has 1 fully saturated rings. The van der Waals surface area contributed by atoms with E-state index >= 15 is 0 Å². The summed E-state index contributed by atoms with van der Waals surface area (Å²) >= 11 is 0. The molecular formula is C17H22N8O2. The van der Waals surface area contributed by atoms with E-state index in [2.05, 4.69) is 30.4 Å². The molecule has 2 unspecified atom stereocenters. The Morgan fingerprint density at radius 1 is 1.41 bits per heavy atom. The molecule has 3 aromatic rings. The lowest BCUT2D eigenvalue weighted by molar-refractivity contribution is 0.0739. The summed E-state index contributed by atoms with van der Waals surface area (Å²) in [5.74, 6) is 0.673. The van der Waals surface area contributed by atoms with Gasteiger partial charge < -0.3 is 19.9 Å². The summed E-state index contributed by atoms with van der Waals surface area (Å²) in [4.78, 5) is 30.6. The number of aromatic amines is 1. The smallest absolute Gasteiger partial charge is 0.257 e. The molecule has 0 aromatic carbocycles. The van der Waals surface area contributed by atoms with E-state index in [4.69, 9.17) is 4.74 Å². The van der Waals surface area contributed by atoms with Gasteiger partial charge in [-0.2, -0.15) is 5.10 Å². The number of hydrogen-bond donors (Lipinski definition) is 2. The molecule has 4 rings (SSSR count). The largest absolute Gasteiger partial charge is 0.378 e. The van der Waals surface area contributed by atoms with Crippen LogP contribution in [0.5, 0.6) is 0 Å². The van der Waals surface area contributed by atoms with E-state index in [0.29, 0.717) is 35.9 Å². The molecule has 0 saturated carbocycles. The standard InChI is InChI=1S/C17H22N8O2/c1-10-12(22-16-14-15(19-8-18-14)20-9-21-16)4-5-25(10)17(26)11-6-24(2)23-13(11)7-27-3/h6,8-10,12H,4-5,7H2,1-3H3,(H2,18,19,20,21,22). The second-order valence-corrected chi connectivity index (χ2v) is 6.70. The zero-order valence-corrected chi connectivity index (χ0v) is 15.5. The maximum Gasteiger partial charge on any atom is 0.257 e. The highest BCUT2D eigenvalue weighted by molar-refractivity contribution is 5.95. The summed E-state index contributed by atoms with van der Waals surface area (Å²) in [6.45, 7) is 3.01. The summed E-state index contributed by atoms with van der Waals surface area (Å²) in [6, 6.07) is 0.0823. The van der Waals surface area contributed by atoms with Crippen LogP contribution in [0.1, 0.15) is 29.4 Å². The van der Waals surface area contributed by atoms with Crippen LogP contribution in [0.15, 0.2) is 18.9 Å². The number of fused-ring (bicyclic) bond motifs is 1. The van der Waals surface area contributed by atoms with E-state index < -0.39 is 0 Å². The van der Waals surface area contributed by atoms with Crippen molar-refractivity contribution < 1.29 is 9.53 Å². The van der Waals surface area contributed by atoms with Crippen LogP contribution in [0, 0.1) is 0 Å². The van der Waals surface area contributed by atoms with E-state index in [1.54, 1.807) is 31.4 Å². The van der Waals surface area contributed by atoms with Crippen molar-refractivity contribution in [2.45, 2.75) is 32.0 Å². The third-order valence-corrected chi connectivity index (χ3v) is 4.98. The van der Waals surface area contributed by atoms with Gasteiger partial charge in [0.2, 0.25) is 0 Å². The van der Waals surface area contributed by atoms with Gasteiger partial charge in [0, 0.05) is 39.0 Å². The van der Waals surface area contributed by atoms with Gasteiger partial charge in [0.1, 0.15) is 17.5 Å². The summed E-state index contributed by atoms with van der Waals surface area (Å²) < 4.78 is 6.82. The first-order chi connectivity index (χ1) is 13.1. The normalized spacial score (nSPS) is 19.7. The highest BCUT2D eigenvalue weighted by Crippen LogP contribution is 2.26. The minimum absolute atomic E-state index is 0.000961. The number of methoxy groups -OCH3 is 1. The first kappa shape index (κ1) is 17.4. The summed E-state index contributed by atoms with van der Waals surface area (Å²) in [5.41, 5.74) is 2.63. The average Bonchev–Trinajstić information content (AvgIpc) is 3.35. The molecule has 2 N–H and O–H groups in total. The lowest BCUT2D eigenvalue weighted by Crippen LogP contribution is -2.40. The molecule has 0 spiro atoms. The highest BCUT2D eigenvalue weighted by atomic mass is 16.5. The second-order valence-electron chi connectivity index (χ2n) is 6.70. The Balaban J connectivity index is 1.52. The molecule has 1 saturated heterocycles. The molecule has 4 heterocycles. The molecule has 142 valence electrons. The predicted octanol–water partition coefficient (Wildman–Crippen LogP) is 0.948. The van der Waals surface area contributed by atoms with Gasteiger partial charge in [-0.15, -0.1) is 0 Å². The lowest BCUT2D eigenvalue weighted by Gasteiger charge is -2.25. The minimum atomic E-state index is -0.0266. The molecule has 3 aromatic heterocycles. The van der Waals surface area contributed by atoms with Gasteiger partial charge in [-0.25, -0.2) is 15.0 Å². The number of aryl methyl sites for hydroxylation is 1. The molecule has 0 aliphatic carbocycles. The predicted molar refractivity (Wildman–Crippen MR) is 98.1 cm³/mol. The van der Waals surface area contributed by atoms with Gasteiger partial charge in [-0.1, -0.05) is 0 Å². The first-order valence-electron chi connectivity index (χ1n) is 8.81. The van der Waals surface area contributed by atoms with Crippen molar-refractivity contribution >= 4 is 22.9 Å². The van der Waals surface area contributed by atoms with Gasteiger partial charge in [0.05, 0.1) is 18.5 Å². The Bertz CT molecular complexity index is 965. The van der Waals surface area contributed by atoms with Crippen LogP contribution in [-0.4, -0.2) is 66.3 Å². The van der Waals surface area contributed by atoms with Crippen molar-refractivity contribution in [2.75, 3.05) is 19.0 Å². The summed E-state index contributed by atoms with van der Waals surface area (Å²) in [7, 11) is 3.40. The van der Waals surface area contributed by atoms with Crippen LogP contribution in [-0.2, 0) is 18.4 Å². The Labute approximate surface area is 156 Å². The van der Waals surface area contributed by atoms with Crippen molar-refractivity contribution in [3.63, 3.8) is 0 Å². The number of carbonyl (C=O) groups excluding carboxylic acids is 1. The fraction of sp³-hybridized carbons (Fsp3) is 0.471. The zero-order valence-electron chi connectivity index (χ0n) is 15.5. The van der Waals surface area contributed by atoms with E-state index in [1.807, 2.05) is 11.8 Å². The lowest BCUT2D eigenvalue weighted by atomic mass is 10.1. The fourth-order valence-electron chi connectivity index (χ4n) is 3.58. The third-order valence-electron chi connectivity index (χ3n) is 4.98. The number of imidazole rings is 1. The highest BCUT2D eigenvalue weighted by Gasteiger charge is 2.36. The number of carbonyl (C=O) groups is 1. The molecule has 10 nitrogen and oxygen atoms in total. The van der Waals surface area contributed by atoms with Gasteiger partial charge in [0.15, 0.2) is 11.5 Å². The Morgan fingerprint density at radius 2 is 2.26 bits per heavy atom. The molecule has 1 aliphatic rings. The maximum atomic E-state index is 13.1. The van der Waals surface area contributed by atoms with Gasteiger partial charge in [-0.3, -0.25) is 9.48 Å². The number of H-pyrrole nitrogens is 1. The number of nitrogens with one attached hydrogen (secondary N) is 2. The van der Waals surface area contributed by atoms with Crippen LogP contribution >= 0.6 is 0 Å². The third kappa shape index (κ3) is 3.12. The average molecular weight is 370 g/mol. The Hall–Kier alpha value is -3.01. The SMILES string of the molecule is COCc1nn(C)cc1C(=O)N1CCC(Nc2ncnc3nc[nH]c23)C1C. The number of hydrogen-bond acceptors (Lipinski definition) is 7. The van der Waals surface area contributed by atoms with E-state index in [9.17, 15) is 4.79 Å².